The van der Waals surface area contributed by atoms with Gasteiger partial charge in [0, 0.05) is 12.6 Å². The molecule has 1 aliphatic rings. The first-order valence-corrected chi connectivity index (χ1v) is 5.88. The Bertz CT molecular complexity index is 545. The van der Waals surface area contributed by atoms with Crippen LogP contribution in [0.2, 0.25) is 5.02 Å². The highest BCUT2D eigenvalue weighted by Crippen LogP contribution is 2.40. The normalized spacial score (nSPS) is 14.1. The van der Waals surface area contributed by atoms with E-state index in [0.29, 0.717) is 11.5 Å². The number of carbonyl (C=O) groups excluding carboxylic acids is 1. The van der Waals surface area contributed by atoms with Gasteiger partial charge in [0.15, 0.2) is 11.5 Å². The van der Waals surface area contributed by atoms with E-state index in [1.165, 1.54) is 26.1 Å². The number of ether oxygens (including phenoxy) is 2. The van der Waals surface area contributed by atoms with Crippen molar-refractivity contribution < 1.29 is 24.2 Å². The highest BCUT2D eigenvalue weighted by atomic mass is 35.5. The smallest absolute Gasteiger partial charge is 0.326 e. The summed E-state index contributed by atoms with van der Waals surface area (Å²) in [4.78, 5) is 24.1. The second-order valence-electron chi connectivity index (χ2n) is 4.12. The number of likely N-dealkylation sites (N-methyl/N-ethyl adjacent to an activating group) is 1. The molecule has 1 aromatic rings. The highest BCUT2D eigenvalue weighted by Gasteiger charge is 2.26. The van der Waals surface area contributed by atoms with Crippen LogP contribution in [-0.4, -0.2) is 41.8 Å². The Morgan fingerprint density at radius 3 is 2.74 bits per heavy atom. The Morgan fingerprint density at radius 2 is 2.11 bits per heavy atom. The predicted molar refractivity (Wildman–Crippen MR) is 66.8 cm³/mol. The molecule has 19 heavy (non-hydrogen) atoms. The molecular weight excluding hydrogens is 274 g/mol. The number of carboxylic acid groups (broad SMARTS) is 1. The summed E-state index contributed by atoms with van der Waals surface area (Å²) in [5, 5.41) is 9.15. The van der Waals surface area contributed by atoms with Crippen molar-refractivity contribution in [3.8, 4) is 11.5 Å². The maximum absolute atomic E-state index is 12.2. The van der Waals surface area contributed by atoms with E-state index in [-0.39, 0.29) is 17.4 Å². The number of nitrogens with zero attached hydrogens (tertiary/aromatic N) is 1. The van der Waals surface area contributed by atoms with Gasteiger partial charge in [-0.2, -0.15) is 0 Å². The molecule has 0 saturated heterocycles. The Morgan fingerprint density at radius 1 is 1.42 bits per heavy atom. The largest absolute Gasteiger partial charge is 0.480 e. The molecule has 1 aliphatic heterocycles. The van der Waals surface area contributed by atoms with E-state index in [1.54, 1.807) is 0 Å². The van der Waals surface area contributed by atoms with E-state index >= 15 is 0 Å². The fourth-order valence-electron chi connectivity index (χ4n) is 1.64. The third kappa shape index (κ3) is 2.44. The summed E-state index contributed by atoms with van der Waals surface area (Å²) in [6.45, 7) is 1.48. The molecule has 102 valence electrons. The Balaban J connectivity index is 2.30. The van der Waals surface area contributed by atoms with Gasteiger partial charge in [0.25, 0.3) is 5.91 Å². The van der Waals surface area contributed by atoms with Crippen LogP contribution in [-0.2, 0) is 4.79 Å². The fraction of sp³-hybridized carbons (Fsp3) is 0.333. The lowest BCUT2D eigenvalue weighted by atomic mass is 10.1. The summed E-state index contributed by atoms with van der Waals surface area (Å²) in [5.74, 6) is -0.753. The summed E-state index contributed by atoms with van der Waals surface area (Å²) in [6.07, 6.45) is 0. The van der Waals surface area contributed by atoms with E-state index in [0.717, 1.165) is 4.90 Å². The molecule has 7 heteroatoms. The van der Waals surface area contributed by atoms with Crippen molar-refractivity contribution >= 4 is 23.5 Å². The lowest BCUT2D eigenvalue weighted by Crippen LogP contribution is -2.40. The van der Waals surface area contributed by atoms with Gasteiger partial charge in [-0.1, -0.05) is 11.6 Å². The van der Waals surface area contributed by atoms with Gasteiger partial charge in [-0.25, -0.2) is 4.79 Å². The third-order valence-corrected chi connectivity index (χ3v) is 3.21. The first-order chi connectivity index (χ1) is 8.91. The number of amides is 1. The van der Waals surface area contributed by atoms with Crippen LogP contribution in [0.15, 0.2) is 12.1 Å². The van der Waals surface area contributed by atoms with Crippen molar-refractivity contribution in [3.63, 3.8) is 0 Å². The predicted octanol–water partition coefficient (Wildman–Crippen LogP) is 1.61. The van der Waals surface area contributed by atoms with Gasteiger partial charge in [-0.05, 0) is 19.1 Å². The Hall–Kier alpha value is -1.95. The molecule has 1 N–H and O–H groups in total. The number of halogens is 1. The molecule has 6 nitrogen and oxygen atoms in total. The fourth-order valence-corrected chi connectivity index (χ4v) is 1.90. The van der Waals surface area contributed by atoms with Gasteiger partial charge < -0.3 is 19.5 Å². The summed E-state index contributed by atoms with van der Waals surface area (Å²) in [5.41, 5.74) is 0.254. The van der Waals surface area contributed by atoms with Crippen molar-refractivity contribution in [2.24, 2.45) is 0 Å². The van der Waals surface area contributed by atoms with Crippen LogP contribution in [0.25, 0.3) is 0 Å². The number of hydrogen-bond acceptors (Lipinski definition) is 4. The van der Waals surface area contributed by atoms with Crippen molar-refractivity contribution in [2.75, 3.05) is 13.8 Å². The molecule has 0 fully saturated rings. The SMILES string of the molecule is CC(C(=O)O)N(C)C(=O)c1cc(Cl)c2c(c1)OCO2. The van der Waals surface area contributed by atoms with Crippen LogP contribution in [0, 0.1) is 0 Å². The van der Waals surface area contributed by atoms with Crippen LogP contribution >= 0.6 is 11.6 Å². The van der Waals surface area contributed by atoms with E-state index in [4.69, 9.17) is 26.2 Å². The molecule has 1 unspecified atom stereocenters. The molecule has 0 saturated carbocycles. The number of aliphatic carboxylic acids is 1. The lowest BCUT2D eigenvalue weighted by molar-refractivity contribution is -0.141. The number of benzene rings is 1. The standard InChI is InChI=1S/C12H12ClNO5/c1-6(12(16)17)14(2)11(15)7-3-8(13)10-9(4-7)18-5-19-10/h3-4,6H,5H2,1-2H3,(H,16,17). The molecule has 0 radical (unpaired) electrons. The Kier molecular flexibility index (Phi) is 3.53. The van der Waals surface area contributed by atoms with Crippen LogP contribution in [0.4, 0.5) is 0 Å². The molecule has 0 bridgehead atoms. The summed E-state index contributed by atoms with van der Waals surface area (Å²) < 4.78 is 10.3. The molecule has 1 amide bonds. The highest BCUT2D eigenvalue weighted by molar-refractivity contribution is 6.32. The van der Waals surface area contributed by atoms with Gasteiger partial charge in [0.05, 0.1) is 5.02 Å². The molecule has 0 spiro atoms. The second-order valence-corrected chi connectivity index (χ2v) is 4.53. The van der Waals surface area contributed by atoms with Gasteiger partial charge in [0.2, 0.25) is 6.79 Å². The van der Waals surface area contributed by atoms with Crippen molar-refractivity contribution in [2.45, 2.75) is 13.0 Å². The molecule has 1 atom stereocenters. The molecular formula is C12H12ClNO5. The zero-order valence-electron chi connectivity index (χ0n) is 10.3. The quantitative estimate of drug-likeness (QED) is 0.913. The minimum atomic E-state index is -1.08. The molecule has 2 rings (SSSR count). The maximum atomic E-state index is 12.2. The zero-order valence-corrected chi connectivity index (χ0v) is 11.1. The number of hydrogen-bond donors (Lipinski definition) is 1. The molecule has 1 aromatic carbocycles. The maximum Gasteiger partial charge on any atom is 0.326 e. The van der Waals surface area contributed by atoms with Crippen LogP contribution in [0.3, 0.4) is 0 Å². The van der Waals surface area contributed by atoms with E-state index in [9.17, 15) is 9.59 Å². The number of carboxylic acids is 1. The zero-order chi connectivity index (χ0) is 14.2. The van der Waals surface area contributed by atoms with Crippen LogP contribution < -0.4 is 9.47 Å². The summed E-state index contributed by atoms with van der Waals surface area (Å²) in [6, 6.07) is 1.99. The molecule has 1 heterocycles. The van der Waals surface area contributed by atoms with E-state index in [2.05, 4.69) is 0 Å². The van der Waals surface area contributed by atoms with Gasteiger partial charge in [0.1, 0.15) is 6.04 Å². The lowest BCUT2D eigenvalue weighted by Gasteiger charge is -2.21. The monoisotopic (exact) mass is 285 g/mol. The first kappa shape index (κ1) is 13.5. The third-order valence-electron chi connectivity index (χ3n) is 2.93. The van der Waals surface area contributed by atoms with Gasteiger partial charge in [-0.3, -0.25) is 4.79 Å². The number of carbonyl (C=O) groups is 2. The Labute approximate surface area is 114 Å². The topological polar surface area (TPSA) is 76.1 Å². The van der Waals surface area contributed by atoms with Crippen molar-refractivity contribution in [1.82, 2.24) is 4.90 Å². The molecule has 0 aromatic heterocycles. The minimum Gasteiger partial charge on any atom is -0.480 e. The van der Waals surface area contributed by atoms with Crippen molar-refractivity contribution in [3.05, 3.63) is 22.7 Å². The first-order valence-electron chi connectivity index (χ1n) is 5.51. The molecule has 0 aliphatic carbocycles. The van der Waals surface area contributed by atoms with E-state index < -0.39 is 17.9 Å². The number of fused-ring (bicyclic) bond motifs is 1. The summed E-state index contributed by atoms with van der Waals surface area (Å²) >= 11 is 5.97. The van der Waals surface area contributed by atoms with Crippen LogP contribution in [0.1, 0.15) is 17.3 Å². The van der Waals surface area contributed by atoms with Gasteiger partial charge >= 0.3 is 5.97 Å². The van der Waals surface area contributed by atoms with Crippen LogP contribution in [0.5, 0.6) is 11.5 Å². The number of rotatable bonds is 3. The average molecular weight is 286 g/mol. The van der Waals surface area contributed by atoms with Crippen molar-refractivity contribution in [1.29, 1.82) is 0 Å². The van der Waals surface area contributed by atoms with Gasteiger partial charge in [-0.15, -0.1) is 0 Å². The minimum absolute atomic E-state index is 0.0497. The second kappa shape index (κ2) is 4.97. The summed E-state index contributed by atoms with van der Waals surface area (Å²) in [7, 11) is 1.42. The average Bonchev–Trinajstić information content (AvgIpc) is 2.84. The van der Waals surface area contributed by atoms with E-state index in [1.807, 2.05) is 0 Å².